The molecular formula is C10H22N2. The standard InChI is InChI=1S/C10H22N2/c1-9(2)8-11-10-4-6-12(3)7-5-10/h9-11H,4-8H2,1-3H3. The number of piperidine rings is 1. The number of nitrogens with one attached hydrogen (secondary N) is 1. The smallest absolute Gasteiger partial charge is 0.00915 e. The van der Waals surface area contributed by atoms with E-state index in [4.69, 9.17) is 0 Å². The second kappa shape index (κ2) is 4.83. The van der Waals surface area contributed by atoms with Crippen LogP contribution in [0.4, 0.5) is 0 Å². The van der Waals surface area contributed by atoms with Crippen molar-refractivity contribution in [3.63, 3.8) is 0 Å². The van der Waals surface area contributed by atoms with Crippen LogP contribution in [0.1, 0.15) is 26.7 Å². The van der Waals surface area contributed by atoms with E-state index in [1.165, 1.54) is 32.5 Å². The van der Waals surface area contributed by atoms with Gasteiger partial charge in [0.05, 0.1) is 0 Å². The van der Waals surface area contributed by atoms with E-state index in [-0.39, 0.29) is 0 Å². The molecule has 0 unspecified atom stereocenters. The lowest BCUT2D eigenvalue weighted by atomic mass is 10.0. The molecule has 1 fully saturated rings. The van der Waals surface area contributed by atoms with Gasteiger partial charge in [-0.15, -0.1) is 0 Å². The molecule has 1 N–H and O–H groups in total. The molecule has 1 saturated heterocycles. The molecule has 1 aliphatic rings. The summed E-state index contributed by atoms with van der Waals surface area (Å²) in [7, 11) is 2.21. The first-order valence-corrected chi connectivity index (χ1v) is 5.10. The lowest BCUT2D eigenvalue weighted by Crippen LogP contribution is -2.41. The van der Waals surface area contributed by atoms with E-state index in [0.29, 0.717) is 0 Å². The van der Waals surface area contributed by atoms with Crippen molar-refractivity contribution < 1.29 is 0 Å². The molecule has 1 aliphatic heterocycles. The molecule has 0 aromatic rings. The van der Waals surface area contributed by atoms with Crippen LogP contribution in [0.5, 0.6) is 0 Å². The van der Waals surface area contributed by atoms with E-state index < -0.39 is 0 Å². The number of likely N-dealkylation sites (tertiary alicyclic amines) is 1. The maximum absolute atomic E-state index is 3.61. The normalized spacial score (nSPS) is 22.0. The minimum absolute atomic E-state index is 0.781. The highest BCUT2D eigenvalue weighted by Crippen LogP contribution is 2.08. The van der Waals surface area contributed by atoms with Crippen LogP contribution in [0.15, 0.2) is 0 Å². The third-order valence-electron chi connectivity index (χ3n) is 2.53. The van der Waals surface area contributed by atoms with Gasteiger partial charge in [0.15, 0.2) is 0 Å². The average molecular weight is 170 g/mol. The van der Waals surface area contributed by atoms with Gasteiger partial charge in [0.2, 0.25) is 0 Å². The monoisotopic (exact) mass is 170 g/mol. The van der Waals surface area contributed by atoms with E-state index in [1.54, 1.807) is 0 Å². The Kier molecular flexibility index (Phi) is 4.02. The minimum atomic E-state index is 0.781. The van der Waals surface area contributed by atoms with Crippen molar-refractivity contribution >= 4 is 0 Å². The van der Waals surface area contributed by atoms with Crippen LogP contribution in [-0.2, 0) is 0 Å². The summed E-state index contributed by atoms with van der Waals surface area (Å²) >= 11 is 0. The fourth-order valence-corrected chi connectivity index (χ4v) is 1.62. The topological polar surface area (TPSA) is 15.3 Å². The molecule has 2 nitrogen and oxygen atoms in total. The molecule has 0 atom stereocenters. The van der Waals surface area contributed by atoms with E-state index >= 15 is 0 Å². The molecule has 0 saturated carbocycles. The molecule has 1 heterocycles. The maximum atomic E-state index is 3.61. The van der Waals surface area contributed by atoms with E-state index in [2.05, 4.69) is 31.1 Å². The van der Waals surface area contributed by atoms with Crippen LogP contribution in [0.3, 0.4) is 0 Å². The third-order valence-corrected chi connectivity index (χ3v) is 2.53. The third kappa shape index (κ3) is 3.55. The van der Waals surface area contributed by atoms with Crippen LogP contribution < -0.4 is 5.32 Å². The Morgan fingerprint density at radius 2 is 1.92 bits per heavy atom. The van der Waals surface area contributed by atoms with Gasteiger partial charge in [0.1, 0.15) is 0 Å². The number of nitrogens with zero attached hydrogens (tertiary/aromatic N) is 1. The molecule has 0 spiro atoms. The molecule has 0 aromatic heterocycles. The van der Waals surface area contributed by atoms with Crippen molar-refractivity contribution in [2.24, 2.45) is 5.92 Å². The van der Waals surface area contributed by atoms with Gasteiger partial charge < -0.3 is 10.2 Å². The number of rotatable bonds is 3. The Labute approximate surface area is 76.3 Å². The summed E-state index contributed by atoms with van der Waals surface area (Å²) in [5.74, 6) is 0.782. The average Bonchev–Trinajstić information content (AvgIpc) is 2.03. The lowest BCUT2D eigenvalue weighted by molar-refractivity contribution is 0.231. The van der Waals surface area contributed by atoms with Gasteiger partial charge in [0, 0.05) is 6.04 Å². The Hall–Kier alpha value is -0.0800. The van der Waals surface area contributed by atoms with Crippen LogP contribution in [0.25, 0.3) is 0 Å². The van der Waals surface area contributed by atoms with E-state index in [9.17, 15) is 0 Å². The van der Waals surface area contributed by atoms with Crippen molar-refractivity contribution in [3.8, 4) is 0 Å². The van der Waals surface area contributed by atoms with Gasteiger partial charge in [-0.25, -0.2) is 0 Å². The first-order valence-electron chi connectivity index (χ1n) is 5.10. The Morgan fingerprint density at radius 1 is 1.33 bits per heavy atom. The van der Waals surface area contributed by atoms with Crippen molar-refractivity contribution in [1.29, 1.82) is 0 Å². The molecule has 0 bridgehead atoms. The van der Waals surface area contributed by atoms with Gasteiger partial charge in [-0.1, -0.05) is 13.8 Å². The summed E-state index contributed by atoms with van der Waals surface area (Å²) in [5.41, 5.74) is 0. The van der Waals surface area contributed by atoms with Crippen molar-refractivity contribution in [2.45, 2.75) is 32.7 Å². The lowest BCUT2D eigenvalue weighted by Gasteiger charge is -2.30. The van der Waals surface area contributed by atoms with Crippen LogP contribution in [-0.4, -0.2) is 37.6 Å². The van der Waals surface area contributed by atoms with Crippen molar-refractivity contribution in [1.82, 2.24) is 10.2 Å². The highest BCUT2D eigenvalue weighted by Gasteiger charge is 2.15. The number of hydrogen-bond donors (Lipinski definition) is 1. The fraction of sp³-hybridized carbons (Fsp3) is 1.00. The highest BCUT2D eigenvalue weighted by molar-refractivity contribution is 4.75. The predicted molar refractivity (Wildman–Crippen MR) is 53.4 cm³/mol. The molecule has 72 valence electrons. The molecule has 0 radical (unpaired) electrons. The summed E-state index contributed by atoms with van der Waals surface area (Å²) in [6.07, 6.45) is 2.65. The first kappa shape index (κ1) is 10.0. The van der Waals surface area contributed by atoms with Crippen molar-refractivity contribution in [2.75, 3.05) is 26.7 Å². The van der Waals surface area contributed by atoms with Gasteiger partial charge in [-0.2, -0.15) is 0 Å². The van der Waals surface area contributed by atoms with Gasteiger partial charge in [-0.3, -0.25) is 0 Å². The van der Waals surface area contributed by atoms with Crippen LogP contribution >= 0.6 is 0 Å². The SMILES string of the molecule is CC(C)CNC1CCN(C)CC1. The summed E-state index contributed by atoms with van der Waals surface area (Å²) in [4.78, 5) is 2.41. The molecule has 1 rings (SSSR count). The zero-order valence-electron chi connectivity index (χ0n) is 8.64. The van der Waals surface area contributed by atoms with Gasteiger partial charge in [0.25, 0.3) is 0 Å². The second-order valence-electron chi connectivity index (χ2n) is 4.38. The highest BCUT2D eigenvalue weighted by atomic mass is 15.1. The summed E-state index contributed by atoms with van der Waals surface area (Å²) < 4.78 is 0. The van der Waals surface area contributed by atoms with Gasteiger partial charge >= 0.3 is 0 Å². The molecule has 0 aliphatic carbocycles. The molecule has 0 aromatic carbocycles. The van der Waals surface area contributed by atoms with Crippen LogP contribution in [0.2, 0.25) is 0 Å². The first-order chi connectivity index (χ1) is 5.68. The quantitative estimate of drug-likeness (QED) is 0.687. The second-order valence-corrected chi connectivity index (χ2v) is 4.38. The van der Waals surface area contributed by atoms with Gasteiger partial charge in [-0.05, 0) is 45.4 Å². The minimum Gasteiger partial charge on any atom is -0.314 e. The Balaban J connectivity index is 2.09. The van der Waals surface area contributed by atoms with Crippen LogP contribution in [0, 0.1) is 5.92 Å². The molecular weight excluding hydrogens is 148 g/mol. The van der Waals surface area contributed by atoms with Crippen molar-refractivity contribution in [3.05, 3.63) is 0 Å². The summed E-state index contributed by atoms with van der Waals surface area (Å²) in [5, 5.41) is 3.61. The number of hydrogen-bond acceptors (Lipinski definition) is 2. The Morgan fingerprint density at radius 3 is 2.42 bits per heavy atom. The molecule has 2 heteroatoms. The Bertz CT molecular complexity index is 115. The molecule has 12 heavy (non-hydrogen) atoms. The van der Waals surface area contributed by atoms with E-state index in [1.807, 2.05) is 0 Å². The zero-order valence-corrected chi connectivity index (χ0v) is 8.64. The predicted octanol–water partition coefficient (Wildman–Crippen LogP) is 1.33. The fourth-order valence-electron chi connectivity index (χ4n) is 1.62. The molecule has 0 amide bonds. The summed E-state index contributed by atoms with van der Waals surface area (Å²) in [6.45, 7) is 8.23. The zero-order chi connectivity index (χ0) is 8.97. The maximum Gasteiger partial charge on any atom is 0.00915 e. The summed E-state index contributed by atoms with van der Waals surface area (Å²) in [6, 6.07) is 0.781. The largest absolute Gasteiger partial charge is 0.314 e. The van der Waals surface area contributed by atoms with E-state index in [0.717, 1.165) is 12.0 Å².